The number of halogens is 1. The maximum absolute atomic E-state index is 14.2. The van der Waals surface area contributed by atoms with Crippen LogP contribution in [0, 0.1) is 12.7 Å². The van der Waals surface area contributed by atoms with Gasteiger partial charge in [-0.1, -0.05) is 18.2 Å². The van der Waals surface area contributed by atoms with E-state index < -0.39 is 5.97 Å². The summed E-state index contributed by atoms with van der Waals surface area (Å²) in [4.78, 5) is 27.5. The zero-order valence-electron chi connectivity index (χ0n) is 22.7. The second-order valence-corrected chi connectivity index (χ2v) is 10.4. The van der Waals surface area contributed by atoms with Crippen molar-refractivity contribution in [3.63, 3.8) is 0 Å². The summed E-state index contributed by atoms with van der Waals surface area (Å²) < 4.78 is 27.5. The molecule has 1 aliphatic rings. The maximum atomic E-state index is 14.2. The first-order valence-electron chi connectivity index (χ1n) is 13.6. The molecule has 3 aromatic heterocycles. The minimum absolute atomic E-state index is 0.129. The van der Waals surface area contributed by atoms with Gasteiger partial charge in [0.1, 0.15) is 24.0 Å². The molecule has 0 saturated carbocycles. The van der Waals surface area contributed by atoms with Crippen LogP contribution in [0.15, 0.2) is 71.6 Å². The van der Waals surface area contributed by atoms with Crippen LogP contribution in [0.25, 0.3) is 11.0 Å². The lowest BCUT2D eigenvalue weighted by atomic mass is 9.93. The number of carbonyl (C=O) groups is 1. The molecule has 1 saturated heterocycles. The van der Waals surface area contributed by atoms with Crippen LogP contribution in [0.5, 0.6) is 5.88 Å². The number of benzene rings is 2. The van der Waals surface area contributed by atoms with Gasteiger partial charge in [-0.25, -0.2) is 24.1 Å². The van der Waals surface area contributed by atoms with E-state index >= 15 is 0 Å². The number of carboxylic acid groups (broad SMARTS) is 1. The van der Waals surface area contributed by atoms with E-state index in [2.05, 4.69) is 9.88 Å². The predicted octanol–water partition coefficient (Wildman–Crippen LogP) is 5.57. The third-order valence-corrected chi connectivity index (χ3v) is 7.57. The molecule has 0 amide bonds. The monoisotopic (exact) mass is 555 g/mol. The summed E-state index contributed by atoms with van der Waals surface area (Å²) in [5, 5.41) is 9.50. The predicted molar refractivity (Wildman–Crippen MR) is 149 cm³/mol. The number of likely N-dealkylation sites (tertiary alicyclic amines) is 1. The highest BCUT2D eigenvalue weighted by atomic mass is 19.1. The van der Waals surface area contributed by atoms with Gasteiger partial charge in [0.25, 0.3) is 0 Å². The number of pyridine rings is 1. The van der Waals surface area contributed by atoms with Crippen LogP contribution in [0.2, 0.25) is 0 Å². The molecule has 0 atom stereocenters. The fourth-order valence-corrected chi connectivity index (χ4v) is 5.33. The summed E-state index contributed by atoms with van der Waals surface area (Å²) in [6.07, 6.45) is 4.89. The van der Waals surface area contributed by atoms with Crippen molar-refractivity contribution < 1.29 is 23.4 Å². The van der Waals surface area contributed by atoms with E-state index in [0.717, 1.165) is 54.0 Å². The second-order valence-electron chi connectivity index (χ2n) is 10.4. The summed E-state index contributed by atoms with van der Waals surface area (Å²) in [5.41, 5.74) is 4.06. The van der Waals surface area contributed by atoms with Crippen molar-refractivity contribution in [1.29, 1.82) is 0 Å². The molecule has 41 heavy (non-hydrogen) atoms. The number of fused-ring (bicyclic) bond motifs is 1. The SMILES string of the molecule is Cc1ccc(COc2cccc(C3CCN(Cc4nc5ccc(C(=O)O)cc5n4Cc4cnco4)CC3)n2)c(F)c1. The van der Waals surface area contributed by atoms with E-state index in [1.165, 1.54) is 12.5 Å². The second kappa shape index (κ2) is 11.5. The number of ether oxygens (including phenoxy) is 1. The summed E-state index contributed by atoms with van der Waals surface area (Å²) in [5.74, 6) is 1.04. The van der Waals surface area contributed by atoms with Crippen molar-refractivity contribution in [2.75, 3.05) is 13.1 Å². The van der Waals surface area contributed by atoms with Gasteiger partial charge in [0.2, 0.25) is 5.88 Å². The first kappa shape index (κ1) is 26.6. The minimum atomic E-state index is -0.978. The molecule has 1 fully saturated rings. The Morgan fingerprint density at radius 1 is 1.10 bits per heavy atom. The molecule has 5 aromatic rings. The molecule has 0 bridgehead atoms. The Bertz CT molecular complexity index is 1680. The number of nitrogens with zero attached hydrogens (tertiary/aromatic N) is 5. The Kier molecular flexibility index (Phi) is 7.47. The first-order chi connectivity index (χ1) is 19.9. The fourth-order valence-electron chi connectivity index (χ4n) is 5.33. The van der Waals surface area contributed by atoms with E-state index in [0.29, 0.717) is 30.3 Å². The third kappa shape index (κ3) is 5.97. The van der Waals surface area contributed by atoms with Crippen molar-refractivity contribution in [2.24, 2.45) is 0 Å². The van der Waals surface area contributed by atoms with E-state index in [1.807, 2.05) is 29.7 Å². The number of aromatic nitrogens is 4. The Morgan fingerprint density at radius 2 is 1.95 bits per heavy atom. The number of aromatic carboxylic acids is 1. The highest BCUT2D eigenvalue weighted by Gasteiger charge is 2.24. The van der Waals surface area contributed by atoms with Gasteiger partial charge in [-0.05, 0) is 68.8 Å². The van der Waals surface area contributed by atoms with Gasteiger partial charge in [-0.2, -0.15) is 0 Å². The number of rotatable bonds is 9. The van der Waals surface area contributed by atoms with E-state index in [1.54, 1.807) is 36.5 Å². The van der Waals surface area contributed by atoms with Gasteiger partial charge >= 0.3 is 5.97 Å². The number of hydrogen-bond donors (Lipinski definition) is 1. The van der Waals surface area contributed by atoms with Gasteiger partial charge in [-0.3, -0.25) is 4.90 Å². The average molecular weight is 556 g/mol. The number of aryl methyl sites for hydroxylation is 1. The van der Waals surface area contributed by atoms with Crippen LogP contribution < -0.4 is 4.74 Å². The van der Waals surface area contributed by atoms with Gasteiger partial charge in [0, 0.05) is 23.2 Å². The summed E-state index contributed by atoms with van der Waals surface area (Å²) >= 11 is 0. The van der Waals surface area contributed by atoms with Crippen molar-refractivity contribution >= 4 is 17.0 Å². The molecule has 210 valence electrons. The van der Waals surface area contributed by atoms with Gasteiger partial charge in [0.15, 0.2) is 6.39 Å². The molecule has 2 aromatic carbocycles. The molecule has 0 unspecified atom stereocenters. The van der Waals surface area contributed by atoms with Crippen LogP contribution in [0.3, 0.4) is 0 Å². The Morgan fingerprint density at radius 3 is 2.71 bits per heavy atom. The minimum Gasteiger partial charge on any atom is -0.478 e. The number of oxazole rings is 1. The molecule has 0 aliphatic carbocycles. The molecule has 1 N–H and O–H groups in total. The zero-order chi connectivity index (χ0) is 28.3. The summed E-state index contributed by atoms with van der Waals surface area (Å²) in [6, 6.07) is 15.9. The first-order valence-corrected chi connectivity index (χ1v) is 13.6. The molecule has 9 nitrogen and oxygen atoms in total. The van der Waals surface area contributed by atoms with E-state index in [9.17, 15) is 14.3 Å². The van der Waals surface area contributed by atoms with Crippen molar-refractivity contribution in [2.45, 2.75) is 45.4 Å². The van der Waals surface area contributed by atoms with Crippen LogP contribution >= 0.6 is 0 Å². The molecule has 10 heteroatoms. The topological polar surface area (TPSA) is 107 Å². The van der Waals surface area contributed by atoms with Gasteiger partial charge < -0.3 is 18.8 Å². The smallest absolute Gasteiger partial charge is 0.335 e. The highest BCUT2D eigenvalue weighted by Crippen LogP contribution is 2.29. The molecule has 1 aliphatic heterocycles. The largest absolute Gasteiger partial charge is 0.478 e. The van der Waals surface area contributed by atoms with Crippen molar-refractivity contribution in [1.82, 2.24) is 24.4 Å². The molecular weight excluding hydrogens is 525 g/mol. The van der Waals surface area contributed by atoms with Crippen LogP contribution in [-0.4, -0.2) is 48.6 Å². The number of piperidine rings is 1. The quantitative estimate of drug-likeness (QED) is 0.252. The highest BCUT2D eigenvalue weighted by molar-refractivity contribution is 5.92. The zero-order valence-corrected chi connectivity index (χ0v) is 22.7. The van der Waals surface area contributed by atoms with Crippen LogP contribution in [0.4, 0.5) is 4.39 Å². The Labute approximate surface area is 236 Å². The Hall–Kier alpha value is -4.57. The van der Waals surface area contributed by atoms with E-state index in [4.69, 9.17) is 19.1 Å². The van der Waals surface area contributed by atoms with Gasteiger partial charge in [-0.15, -0.1) is 0 Å². The van der Waals surface area contributed by atoms with Gasteiger partial charge in [0.05, 0.1) is 35.9 Å². The van der Waals surface area contributed by atoms with Crippen molar-refractivity contribution in [3.05, 3.63) is 107 Å². The molecule has 6 rings (SSSR count). The summed E-state index contributed by atoms with van der Waals surface area (Å²) in [7, 11) is 0. The van der Waals surface area contributed by atoms with Crippen LogP contribution in [0.1, 0.15) is 57.5 Å². The Balaban J connectivity index is 1.13. The molecule has 0 radical (unpaired) electrons. The summed E-state index contributed by atoms with van der Waals surface area (Å²) in [6.45, 7) is 4.74. The lowest BCUT2D eigenvalue weighted by Crippen LogP contribution is -2.33. The van der Waals surface area contributed by atoms with E-state index in [-0.39, 0.29) is 23.9 Å². The lowest BCUT2D eigenvalue weighted by Gasteiger charge is -2.31. The fraction of sp³-hybridized carbons (Fsp3) is 0.290. The lowest BCUT2D eigenvalue weighted by molar-refractivity contribution is 0.0697. The average Bonchev–Trinajstić information content (AvgIpc) is 3.61. The number of hydrogen-bond acceptors (Lipinski definition) is 7. The normalized spacial score (nSPS) is 14.5. The van der Waals surface area contributed by atoms with Crippen LogP contribution in [-0.2, 0) is 19.7 Å². The third-order valence-electron chi connectivity index (χ3n) is 7.57. The van der Waals surface area contributed by atoms with Crippen molar-refractivity contribution in [3.8, 4) is 5.88 Å². The maximum Gasteiger partial charge on any atom is 0.335 e. The number of carboxylic acids is 1. The number of imidazole rings is 1. The molecule has 0 spiro atoms. The molecule has 4 heterocycles. The standard InChI is InChI=1S/C31H30FN5O4/c1-20-5-6-23(25(32)13-20)18-40-30-4-2-3-26(35-30)21-9-11-36(12-10-21)17-29-34-27-8-7-22(31(38)39)14-28(27)37(29)16-24-15-33-19-41-24/h2-8,13-15,19,21H,9-12,16-18H2,1H3,(H,38,39). The molecular formula is C31H30FN5O4.